The fourth-order valence-electron chi connectivity index (χ4n) is 1.88. The lowest BCUT2D eigenvalue weighted by Crippen LogP contribution is -2.36. The van der Waals surface area contributed by atoms with Gasteiger partial charge in [-0.15, -0.1) is 0 Å². The molecule has 0 aliphatic heterocycles. The molecule has 0 aliphatic carbocycles. The topological polar surface area (TPSA) is 113 Å². The van der Waals surface area contributed by atoms with Gasteiger partial charge in [0, 0.05) is 18.2 Å². The first kappa shape index (κ1) is 15.9. The molecule has 0 aromatic heterocycles. The van der Waals surface area contributed by atoms with Crippen LogP contribution in [0.2, 0.25) is 0 Å². The molecule has 3 N–H and O–H groups in total. The Balaban J connectivity index is 3.33. The molecule has 0 saturated heterocycles. The number of hydrogen-bond donors (Lipinski definition) is 3. The average molecular weight is 282 g/mol. The number of nitro groups is 1. The third-order valence-corrected chi connectivity index (χ3v) is 3.34. The maximum absolute atomic E-state index is 11.2. The van der Waals surface area contributed by atoms with Crippen LogP contribution >= 0.6 is 0 Å². The average Bonchev–Trinajstić information content (AvgIpc) is 2.38. The van der Waals surface area contributed by atoms with Gasteiger partial charge in [-0.05, 0) is 25.8 Å². The number of nitrogens with zero attached hydrogens (tertiary/aromatic N) is 1. The summed E-state index contributed by atoms with van der Waals surface area (Å²) >= 11 is 0. The van der Waals surface area contributed by atoms with Crippen molar-refractivity contribution in [2.45, 2.75) is 32.2 Å². The number of aromatic carboxylic acids is 1. The van der Waals surface area contributed by atoms with Gasteiger partial charge in [0.1, 0.15) is 5.69 Å². The second kappa shape index (κ2) is 6.33. The lowest BCUT2D eigenvalue weighted by molar-refractivity contribution is -0.384. The summed E-state index contributed by atoms with van der Waals surface area (Å²) in [4.78, 5) is 21.6. The number of aliphatic hydroxyl groups is 1. The van der Waals surface area contributed by atoms with Crippen LogP contribution in [0.25, 0.3) is 0 Å². The number of rotatable bonds is 7. The standard InChI is InChI=1S/C13H18N2O5/c1-3-13(2,7-8-16)14-11-9(12(17)18)5-4-6-10(11)15(19)20/h4-6,14,16H,3,7-8H2,1-2H3,(H,17,18). The number of carbonyl (C=O) groups is 1. The third kappa shape index (κ3) is 3.45. The fraction of sp³-hybridized carbons (Fsp3) is 0.462. The predicted octanol–water partition coefficient (Wildman–Crippen LogP) is 2.26. The zero-order chi connectivity index (χ0) is 15.3. The van der Waals surface area contributed by atoms with Gasteiger partial charge in [0.25, 0.3) is 5.69 Å². The summed E-state index contributed by atoms with van der Waals surface area (Å²) in [6.45, 7) is 3.55. The van der Waals surface area contributed by atoms with Crippen molar-refractivity contribution in [1.82, 2.24) is 0 Å². The highest BCUT2D eigenvalue weighted by Gasteiger charge is 2.28. The Bertz CT molecular complexity index is 485. The van der Waals surface area contributed by atoms with Crippen LogP contribution in [0.1, 0.15) is 37.0 Å². The molecule has 0 amide bonds. The van der Waals surface area contributed by atoms with Gasteiger partial charge in [-0.25, -0.2) is 4.79 Å². The van der Waals surface area contributed by atoms with E-state index in [4.69, 9.17) is 10.2 Å². The molecule has 7 heteroatoms. The van der Waals surface area contributed by atoms with Crippen molar-refractivity contribution in [2.24, 2.45) is 0 Å². The van der Waals surface area contributed by atoms with Crippen molar-refractivity contribution >= 4 is 17.3 Å². The lowest BCUT2D eigenvalue weighted by atomic mass is 9.93. The molecule has 1 aromatic rings. The van der Waals surface area contributed by atoms with E-state index in [9.17, 15) is 14.9 Å². The van der Waals surface area contributed by atoms with Crippen LogP contribution in [0.5, 0.6) is 0 Å². The van der Waals surface area contributed by atoms with Crippen molar-refractivity contribution in [2.75, 3.05) is 11.9 Å². The first-order valence-electron chi connectivity index (χ1n) is 6.24. The summed E-state index contributed by atoms with van der Waals surface area (Å²) in [5.74, 6) is -1.24. The van der Waals surface area contributed by atoms with Gasteiger partial charge in [-0.3, -0.25) is 10.1 Å². The van der Waals surface area contributed by atoms with E-state index in [1.54, 1.807) is 6.92 Å². The Labute approximate surface area is 116 Å². The zero-order valence-electron chi connectivity index (χ0n) is 11.4. The Hall–Kier alpha value is -2.15. The molecule has 1 rings (SSSR count). The number of aliphatic hydroxyl groups excluding tert-OH is 1. The van der Waals surface area contributed by atoms with Crippen LogP contribution < -0.4 is 5.32 Å². The second-order valence-electron chi connectivity index (χ2n) is 4.77. The number of hydrogen-bond acceptors (Lipinski definition) is 5. The SMILES string of the molecule is CCC(C)(CCO)Nc1c(C(=O)O)cccc1[N+](=O)[O-]. The molecule has 1 atom stereocenters. The first-order valence-corrected chi connectivity index (χ1v) is 6.24. The molecular formula is C13H18N2O5. The summed E-state index contributed by atoms with van der Waals surface area (Å²) in [6, 6.07) is 3.90. The van der Waals surface area contributed by atoms with Gasteiger partial charge in [-0.1, -0.05) is 13.0 Å². The van der Waals surface area contributed by atoms with Crippen molar-refractivity contribution in [3.05, 3.63) is 33.9 Å². The number of nitro benzene ring substituents is 1. The minimum absolute atomic E-state index is 0.0252. The van der Waals surface area contributed by atoms with Crippen LogP contribution in [-0.2, 0) is 0 Å². The number of para-hydroxylation sites is 1. The Morgan fingerprint density at radius 3 is 2.60 bits per heavy atom. The van der Waals surface area contributed by atoms with E-state index in [1.165, 1.54) is 18.2 Å². The molecule has 20 heavy (non-hydrogen) atoms. The van der Waals surface area contributed by atoms with Crippen LogP contribution in [-0.4, -0.2) is 33.3 Å². The molecule has 0 spiro atoms. The molecular weight excluding hydrogens is 264 g/mol. The highest BCUT2D eigenvalue weighted by atomic mass is 16.6. The van der Waals surface area contributed by atoms with Crippen molar-refractivity contribution in [3.63, 3.8) is 0 Å². The first-order chi connectivity index (χ1) is 9.34. The predicted molar refractivity (Wildman–Crippen MR) is 74.1 cm³/mol. The largest absolute Gasteiger partial charge is 0.478 e. The molecule has 0 aliphatic rings. The van der Waals surface area contributed by atoms with Crippen LogP contribution in [0.15, 0.2) is 18.2 Å². The minimum atomic E-state index is -1.24. The summed E-state index contributed by atoms with van der Waals surface area (Å²) in [5.41, 5.74) is -1.09. The van der Waals surface area contributed by atoms with Gasteiger partial charge < -0.3 is 15.5 Å². The summed E-state index contributed by atoms with van der Waals surface area (Å²) < 4.78 is 0. The van der Waals surface area contributed by atoms with Crippen LogP contribution in [0, 0.1) is 10.1 Å². The van der Waals surface area contributed by atoms with E-state index >= 15 is 0 Å². The smallest absolute Gasteiger partial charge is 0.338 e. The number of nitrogens with one attached hydrogen (secondary N) is 1. The Morgan fingerprint density at radius 2 is 2.15 bits per heavy atom. The van der Waals surface area contributed by atoms with E-state index < -0.39 is 16.4 Å². The summed E-state index contributed by atoms with van der Waals surface area (Å²) in [6.07, 6.45) is 0.938. The van der Waals surface area contributed by atoms with Crippen molar-refractivity contribution < 1.29 is 19.9 Å². The highest BCUT2D eigenvalue weighted by Crippen LogP contribution is 2.32. The number of anilines is 1. The van der Waals surface area contributed by atoms with Crippen LogP contribution in [0.4, 0.5) is 11.4 Å². The monoisotopic (exact) mass is 282 g/mol. The molecule has 0 bridgehead atoms. The van der Waals surface area contributed by atoms with Gasteiger partial charge >= 0.3 is 5.97 Å². The van der Waals surface area contributed by atoms with Gasteiger partial charge in [0.05, 0.1) is 10.5 Å². The van der Waals surface area contributed by atoms with E-state index in [1.807, 2.05) is 6.92 Å². The van der Waals surface area contributed by atoms with E-state index in [0.717, 1.165) is 0 Å². The van der Waals surface area contributed by atoms with Gasteiger partial charge in [0.15, 0.2) is 0 Å². The maximum atomic E-state index is 11.2. The highest BCUT2D eigenvalue weighted by molar-refractivity contribution is 5.97. The summed E-state index contributed by atoms with van der Waals surface area (Å²) in [5, 5.41) is 32.2. The third-order valence-electron chi connectivity index (χ3n) is 3.34. The van der Waals surface area contributed by atoms with E-state index in [-0.39, 0.29) is 23.5 Å². The molecule has 1 unspecified atom stereocenters. The molecule has 110 valence electrons. The molecule has 1 aromatic carbocycles. The number of carboxylic acid groups (broad SMARTS) is 1. The lowest BCUT2D eigenvalue weighted by Gasteiger charge is -2.30. The number of benzene rings is 1. The van der Waals surface area contributed by atoms with Gasteiger partial charge in [-0.2, -0.15) is 0 Å². The Kier molecular flexibility index (Phi) is 5.04. The van der Waals surface area contributed by atoms with Crippen molar-refractivity contribution in [3.8, 4) is 0 Å². The molecule has 0 saturated carbocycles. The van der Waals surface area contributed by atoms with E-state index in [0.29, 0.717) is 12.8 Å². The molecule has 0 radical (unpaired) electrons. The van der Waals surface area contributed by atoms with E-state index in [2.05, 4.69) is 5.32 Å². The number of carboxylic acids is 1. The summed E-state index contributed by atoms with van der Waals surface area (Å²) in [7, 11) is 0. The van der Waals surface area contributed by atoms with Gasteiger partial charge in [0.2, 0.25) is 0 Å². The maximum Gasteiger partial charge on any atom is 0.338 e. The normalized spacial score (nSPS) is 13.6. The quantitative estimate of drug-likeness (QED) is 0.522. The Morgan fingerprint density at radius 1 is 1.50 bits per heavy atom. The molecule has 7 nitrogen and oxygen atoms in total. The molecule has 0 fully saturated rings. The zero-order valence-corrected chi connectivity index (χ0v) is 11.4. The second-order valence-corrected chi connectivity index (χ2v) is 4.77. The fourth-order valence-corrected chi connectivity index (χ4v) is 1.88. The molecule has 0 heterocycles. The minimum Gasteiger partial charge on any atom is -0.478 e. The van der Waals surface area contributed by atoms with Crippen LogP contribution in [0.3, 0.4) is 0 Å². The van der Waals surface area contributed by atoms with Crippen molar-refractivity contribution in [1.29, 1.82) is 0 Å².